The van der Waals surface area contributed by atoms with Gasteiger partial charge in [-0.25, -0.2) is 0 Å². The van der Waals surface area contributed by atoms with Gasteiger partial charge in [0, 0.05) is 11.1 Å². The highest BCUT2D eigenvalue weighted by Gasteiger charge is 2.11. The summed E-state index contributed by atoms with van der Waals surface area (Å²) in [6.07, 6.45) is 0.833. The minimum atomic E-state index is 0.586. The van der Waals surface area contributed by atoms with Gasteiger partial charge in [-0.2, -0.15) is 0 Å². The maximum Gasteiger partial charge on any atom is 0.150 e. The van der Waals surface area contributed by atoms with Crippen LogP contribution in [0, 0.1) is 6.92 Å². The van der Waals surface area contributed by atoms with Gasteiger partial charge < -0.3 is 9.47 Å². The average Bonchev–Trinajstić information content (AvgIpc) is 2.46. The summed E-state index contributed by atoms with van der Waals surface area (Å²) < 4.78 is 10.5. The zero-order valence-electron chi connectivity index (χ0n) is 11.3. The summed E-state index contributed by atoms with van der Waals surface area (Å²) in [6.45, 7) is 2.01. The molecule has 2 aromatic carbocycles. The summed E-state index contributed by atoms with van der Waals surface area (Å²) >= 11 is 0. The molecule has 0 bridgehead atoms. The van der Waals surface area contributed by atoms with Gasteiger partial charge in [0.15, 0.2) is 6.29 Å². The van der Waals surface area contributed by atoms with Gasteiger partial charge in [0.05, 0.1) is 14.2 Å². The van der Waals surface area contributed by atoms with Crippen LogP contribution in [0.2, 0.25) is 0 Å². The smallest absolute Gasteiger partial charge is 0.150 e. The highest BCUT2D eigenvalue weighted by atomic mass is 16.5. The van der Waals surface area contributed by atoms with Crippen LogP contribution < -0.4 is 9.47 Å². The van der Waals surface area contributed by atoms with E-state index in [0.717, 1.165) is 28.7 Å². The van der Waals surface area contributed by atoms with Gasteiger partial charge in [-0.15, -0.1) is 0 Å². The van der Waals surface area contributed by atoms with Gasteiger partial charge in [0.1, 0.15) is 11.5 Å². The standard InChI is InChI=1S/C16H16O3/c1-11-4-7-16(19-3)15(8-11)14-6-5-13(18-2)9-12(14)10-17/h4-10H,1-3H3. The van der Waals surface area contributed by atoms with Crippen LogP contribution in [0.3, 0.4) is 0 Å². The molecule has 0 aliphatic heterocycles. The molecule has 0 spiro atoms. The van der Waals surface area contributed by atoms with Crippen molar-refractivity contribution in [3.8, 4) is 22.6 Å². The molecule has 0 saturated carbocycles. The molecule has 98 valence electrons. The Bertz CT molecular complexity index is 603. The monoisotopic (exact) mass is 256 g/mol. The first-order valence-corrected chi connectivity index (χ1v) is 5.98. The van der Waals surface area contributed by atoms with Crippen LogP contribution >= 0.6 is 0 Å². The lowest BCUT2D eigenvalue weighted by Crippen LogP contribution is -1.94. The Morgan fingerprint density at radius 2 is 1.74 bits per heavy atom. The number of aryl methyl sites for hydroxylation is 1. The molecule has 3 nitrogen and oxygen atoms in total. The van der Waals surface area contributed by atoms with Crippen molar-refractivity contribution in [2.45, 2.75) is 6.92 Å². The topological polar surface area (TPSA) is 35.5 Å². The third-order valence-electron chi connectivity index (χ3n) is 3.03. The van der Waals surface area contributed by atoms with Gasteiger partial charge in [0.2, 0.25) is 0 Å². The number of aldehydes is 1. The van der Waals surface area contributed by atoms with Crippen molar-refractivity contribution in [2.24, 2.45) is 0 Å². The Balaban J connectivity index is 2.64. The van der Waals surface area contributed by atoms with Crippen LogP contribution in [-0.4, -0.2) is 20.5 Å². The molecule has 0 fully saturated rings. The number of hydrogen-bond acceptors (Lipinski definition) is 3. The molecule has 2 rings (SSSR count). The van der Waals surface area contributed by atoms with Crippen LogP contribution in [0.4, 0.5) is 0 Å². The van der Waals surface area contributed by atoms with E-state index in [9.17, 15) is 4.79 Å². The summed E-state index contributed by atoms with van der Waals surface area (Å²) in [6, 6.07) is 11.3. The molecule has 0 aromatic heterocycles. The Labute approximate surface area is 112 Å². The van der Waals surface area contributed by atoms with E-state index >= 15 is 0 Å². The summed E-state index contributed by atoms with van der Waals surface area (Å²) in [5, 5.41) is 0. The van der Waals surface area contributed by atoms with Crippen LogP contribution in [-0.2, 0) is 0 Å². The number of benzene rings is 2. The van der Waals surface area contributed by atoms with Crippen LogP contribution in [0.25, 0.3) is 11.1 Å². The second-order valence-electron chi connectivity index (χ2n) is 4.27. The number of hydrogen-bond donors (Lipinski definition) is 0. The lowest BCUT2D eigenvalue weighted by Gasteiger charge is -2.12. The fraction of sp³-hybridized carbons (Fsp3) is 0.188. The minimum Gasteiger partial charge on any atom is -0.497 e. The quantitative estimate of drug-likeness (QED) is 0.785. The molecule has 0 aliphatic carbocycles. The molecule has 0 amide bonds. The molecular formula is C16H16O3. The normalized spacial score (nSPS) is 10.1. The average molecular weight is 256 g/mol. The van der Waals surface area contributed by atoms with Crippen molar-refractivity contribution in [3.05, 3.63) is 47.5 Å². The number of carbonyl (C=O) groups excluding carboxylic acids is 1. The van der Waals surface area contributed by atoms with E-state index in [1.165, 1.54) is 0 Å². The maximum absolute atomic E-state index is 11.3. The maximum atomic E-state index is 11.3. The second kappa shape index (κ2) is 5.57. The predicted molar refractivity (Wildman–Crippen MR) is 75.1 cm³/mol. The van der Waals surface area contributed by atoms with Crippen molar-refractivity contribution in [3.63, 3.8) is 0 Å². The Hall–Kier alpha value is -2.29. The predicted octanol–water partition coefficient (Wildman–Crippen LogP) is 3.49. The minimum absolute atomic E-state index is 0.586. The van der Waals surface area contributed by atoms with Gasteiger partial charge in [-0.1, -0.05) is 11.6 Å². The van der Waals surface area contributed by atoms with E-state index in [4.69, 9.17) is 9.47 Å². The summed E-state index contributed by atoms with van der Waals surface area (Å²) in [4.78, 5) is 11.3. The molecule has 3 heteroatoms. The Morgan fingerprint density at radius 1 is 0.947 bits per heavy atom. The van der Waals surface area contributed by atoms with E-state index in [1.807, 2.05) is 37.3 Å². The second-order valence-corrected chi connectivity index (χ2v) is 4.27. The zero-order valence-corrected chi connectivity index (χ0v) is 11.3. The van der Waals surface area contributed by atoms with Crippen molar-refractivity contribution >= 4 is 6.29 Å². The van der Waals surface area contributed by atoms with Gasteiger partial charge in [-0.05, 0) is 42.8 Å². The number of methoxy groups -OCH3 is 2. The Kier molecular flexibility index (Phi) is 3.85. The van der Waals surface area contributed by atoms with Crippen molar-refractivity contribution in [1.29, 1.82) is 0 Å². The lowest BCUT2D eigenvalue weighted by molar-refractivity contribution is 0.112. The van der Waals surface area contributed by atoms with E-state index in [-0.39, 0.29) is 0 Å². The summed E-state index contributed by atoms with van der Waals surface area (Å²) in [7, 11) is 3.20. The number of rotatable bonds is 4. The fourth-order valence-corrected chi connectivity index (χ4v) is 2.04. The molecule has 0 atom stereocenters. The van der Waals surface area contributed by atoms with Gasteiger partial charge in [-0.3, -0.25) is 4.79 Å². The van der Waals surface area contributed by atoms with Crippen LogP contribution in [0.1, 0.15) is 15.9 Å². The largest absolute Gasteiger partial charge is 0.497 e. The van der Waals surface area contributed by atoms with Gasteiger partial charge in [0.25, 0.3) is 0 Å². The highest BCUT2D eigenvalue weighted by molar-refractivity contribution is 5.90. The SMILES string of the molecule is COc1ccc(-c2cc(C)ccc2OC)c(C=O)c1. The first-order valence-electron chi connectivity index (χ1n) is 5.98. The molecule has 0 saturated heterocycles. The first kappa shape index (κ1) is 13.1. The molecular weight excluding hydrogens is 240 g/mol. The molecule has 0 N–H and O–H groups in total. The van der Waals surface area contributed by atoms with Crippen molar-refractivity contribution in [2.75, 3.05) is 14.2 Å². The third kappa shape index (κ3) is 2.60. The van der Waals surface area contributed by atoms with Gasteiger partial charge >= 0.3 is 0 Å². The zero-order chi connectivity index (χ0) is 13.8. The van der Waals surface area contributed by atoms with Crippen molar-refractivity contribution < 1.29 is 14.3 Å². The molecule has 19 heavy (non-hydrogen) atoms. The number of carbonyl (C=O) groups is 1. The number of ether oxygens (including phenoxy) is 2. The van der Waals surface area contributed by atoms with Crippen LogP contribution in [0.15, 0.2) is 36.4 Å². The molecule has 0 radical (unpaired) electrons. The molecule has 2 aromatic rings. The van der Waals surface area contributed by atoms with Crippen molar-refractivity contribution in [1.82, 2.24) is 0 Å². The summed E-state index contributed by atoms with van der Waals surface area (Å²) in [5.74, 6) is 1.41. The molecule has 0 unspecified atom stereocenters. The molecule has 0 aliphatic rings. The fourth-order valence-electron chi connectivity index (χ4n) is 2.04. The summed E-state index contributed by atoms with van der Waals surface area (Å²) in [5.41, 5.74) is 3.45. The first-order chi connectivity index (χ1) is 9.19. The Morgan fingerprint density at radius 3 is 2.37 bits per heavy atom. The molecule has 0 heterocycles. The third-order valence-corrected chi connectivity index (χ3v) is 3.03. The van der Waals surface area contributed by atoms with Crippen LogP contribution in [0.5, 0.6) is 11.5 Å². The van der Waals surface area contributed by atoms with E-state index in [2.05, 4.69) is 0 Å². The highest BCUT2D eigenvalue weighted by Crippen LogP contribution is 2.34. The lowest BCUT2D eigenvalue weighted by atomic mass is 9.97. The van der Waals surface area contributed by atoms with E-state index < -0.39 is 0 Å². The van der Waals surface area contributed by atoms with E-state index in [1.54, 1.807) is 20.3 Å². The van der Waals surface area contributed by atoms with E-state index in [0.29, 0.717) is 11.3 Å².